The molecule has 0 aromatic heterocycles. The third kappa shape index (κ3) is 2.99. The summed E-state index contributed by atoms with van der Waals surface area (Å²) in [6, 6.07) is 5.65. The molecule has 0 spiro atoms. The SMILES string of the molecule is CC[C@@H](C)NC(=O)c1ccc(OC)c(C)c1. The highest BCUT2D eigenvalue weighted by atomic mass is 16.5. The van der Waals surface area contributed by atoms with Gasteiger partial charge in [0, 0.05) is 11.6 Å². The van der Waals surface area contributed by atoms with Gasteiger partial charge in [-0.1, -0.05) is 6.92 Å². The van der Waals surface area contributed by atoms with Crippen LogP contribution in [0.25, 0.3) is 0 Å². The molecule has 1 N–H and O–H groups in total. The summed E-state index contributed by atoms with van der Waals surface area (Å²) in [7, 11) is 1.63. The largest absolute Gasteiger partial charge is 0.496 e. The number of benzene rings is 1. The number of aryl methyl sites for hydroxylation is 1. The number of nitrogens with one attached hydrogen (secondary N) is 1. The smallest absolute Gasteiger partial charge is 0.251 e. The van der Waals surface area contributed by atoms with Crippen LogP contribution in [0.15, 0.2) is 18.2 Å². The second kappa shape index (κ2) is 5.54. The van der Waals surface area contributed by atoms with Crippen LogP contribution >= 0.6 is 0 Å². The van der Waals surface area contributed by atoms with E-state index in [1.54, 1.807) is 13.2 Å². The van der Waals surface area contributed by atoms with Crippen LogP contribution in [-0.2, 0) is 0 Å². The van der Waals surface area contributed by atoms with Crippen molar-refractivity contribution in [2.24, 2.45) is 0 Å². The number of carbonyl (C=O) groups excluding carboxylic acids is 1. The fraction of sp³-hybridized carbons (Fsp3) is 0.462. The van der Waals surface area contributed by atoms with E-state index in [0.717, 1.165) is 17.7 Å². The average molecular weight is 221 g/mol. The molecule has 0 aliphatic carbocycles. The van der Waals surface area contributed by atoms with Crippen LogP contribution in [0.2, 0.25) is 0 Å². The molecular weight excluding hydrogens is 202 g/mol. The fourth-order valence-corrected chi connectivity index (χ4v) is 1.43. The number of methoxy groups -OCH3 is 1. The molecule has 1 atom stereocenters. The first-order chi connectivity index (χ1) is 7.58. The van der Waals surface area contributed by atoms with Crippen molar-refractivity contribution in [3.63, 3.8) is 0 Å². The summed E-state index contributed by atoms with van der Waals surface area (Å²) in [6.07, 6.45) is 0.931. The minimum absolute atomic E-state index is 0.0277. The zero-order valence-corrected chi connectivity index (χ0v) is 10.3. The molecule has 0 heterocycles. The lowest BCUT2D eigenvalue weighted by Crippen LogP contribution is -2.31. The molecule has 16 heavy (non-hydrogen) atoms. The summed E-state index contributed by atoms with van der Waals surface area (Å²) < 4.78 is 5.15. The van der Waals surface area contributed by atoms with E-state index >= 15 is 0 Å². The molecule has 0 saturated carbocycles. The van der Waals surface area contributed by atoms with Gasteiger partial charge in [-0.05, 0) is 44.0 Å². The number of hydrogen-bond acceptors (Lipinski definition) is 2. The van der Waals surface area contributed by atoms with Crippen LogP contribution in [0.4, 0.5) is 0 Å². The molecule has 3 heteroatoms. The number of rotatable bonds is 4. The van der Waals surface area contributed by atoms with Gasteiger partial charge in [-0.15, -0.1) is 0 Å². The third-order valence-corrected chi connectivity index (χ3v) is 2.65. The average Bonchev–Trinajstić information content (AvgIpc) is 2.28. The number of ether oxygens (including phenoxy) is 1. The lowest BCUT2D eigenvalue weighted by molar-refractivity contribution is 0.0939. The Morgan fingerprint density at radius 2 is 2.19 bits per heavy atom. The Bertz CT molecular complexity index is 374. The van der Waals surface area contributed by atoms with Crippen molar-refractivity contribution in [1.82, 2.24) is 5.32 Å². The van der Waals surface area contributed by atoms with Crippen LogP contribution in [-0.4, -0.2) is 19.1 Å². The molecule has 0 bridgehead atoms. The monoisotopic (exact) mass is 221 g/mol. The van der Waals surface area contributed by atoms with E-state index in [0.29, 0.717) is 5.56 Å². The molecule has 0 fully saturated rings. The van der Waals surface area contributed by atoms with Gasteiger partial charge in [-0.2, -0.15) is 0 Å². The van der Waals surface area contributed by atoms with E-state index in [4.69, 9.17) is 4.74 Å². The van der Waals surface area contributed by atoms with Crippen LogP contribution in [0.1, 0.15) is 36.2 Å². The van der Waals surface area contributed by atoms with Gasteiger partial charge in [0.25, 0.3) is 5.91 Å². The molecule has 1 amide bonds. The van der Waals surface area contributed by atoms with Gasteiger partial charge >= 0.3 is 0 Å². The van der Waals surface area contributed by atoms with Gasteiger partial charge in [-0.25, -0.2) is 0 Å². The molecule has 0 aliphatic rings. The predicted octanol–water partition coefficient (Wildman–Crippen LogP) is 2.53. The number of hydrogen-bond donors (Lipinski definition) is 1. The van der Waals surface area contributed by atoms with Crippen molar-refractivity contribution in [1.29, 1.82) is 0 Å². The topological polar surface area (TPSA) is 38.3 Å². The Kier molecular flexibility index (Phi) is 4.35. The normalized spacial score (nSPS) is 12.0. The van der Waals surface area contributed by atoms with Crippen LogP contribution in [0.3, 0.4) is 0 Å². The first-order valence-corrected chi connectivity index (χ1v) is 5.54. The van der Waals surface area contributed by atoms with Gasteiger partial charge in [0.05, 0.1) is 7.11 Å². The van der Waals surface area contributed by atoms with Crippen molar-refractivity contribution in [3.8, 4) is 5.75 Å². The molecule has 88 valence electrons. The Hall–Kier alpha value is -1.51. The van der Waals surface area contributed by atoms with Gasteiger partial charge in [0.1, 0.15) is 5.75 Å². The van der Waals surface area contributed by atoms with Gasteiger partial charge < -0.3 is 10.1 Å². The number of amides is 1. The highest BCUT2D eigenvalue weighted by Crippen LogP contribution is 2.18. The summed E-state index contributed by atoms with van der Waals surface area (Å²) >= 11 is 0. The van der Waals surface area contributed by atoms with Crippen LogP contribution in [0.5, 0.6) is 5.75 Å². The second-order valence-corrected chi connectivity index (χ2v) is 3.97. The Morgan fingerprint density at radius 1 is 1.50 bits per heavy atom. The molecule has 3 nitrogen and oxygen atoms in total. The first-order valence-electron chi connectivity index (χ1n) is 5.54. The van der Waals surface area contributed by atoms with Crippen molar-refractivity contribution >= 4 is 5.91 Å². The van der Waals surface area contributed by atoms with E-state index in [2.05, 4.69) is 5.32 Å². The maximum absolute atomic E-state index is 11.8. The van der Waals surface area contributed by atoms with E-state index in [9.17, 15) is 4.79 Å². The van der Waals surface area contributed by atoms with E-state index < -0.39 is 0 Å². The molecule has 0 aliphatic heterocycles. The number of carbonyl (C=O) groups is 1. The van der Waals surface area contributed by atoms with Crippen molar-refractivity contribution < 1.29 is 9.53 Å². The van der Waals surface area contributed by atoms with Gasteiger partial charge in [0.2, 0.25) is 0 Å². The van der Waals surface area contributed by atoms with E-state index in [-0.39, 0.29) is 11.9 Å². The maximum atomic E-state index is 11.8. The molecule has 1 rings (SSSR count). The zero-order valence-electron chi connectivity index (χ0n) is 10.3. The molecule has 0 saturated heterocycles. The highest BCUT2D eigenvalue weighted by molar-refractivity contribution is 5.94. The van der Waals surface area contributed by atoms with Gasteiger partial charge in [0.15, 0.2) is 0 Å². The summed E-state index contributed by atoms with van der Waals surface area (Å²) in [5.41, 5.74) is 1.65. The second-order valence-electron chi connectivity index (χ2n) is 3.97. The Morgan fingerprint density at radius 3 is 2.69 bits per heavy atom. The van der Waals surface area contributed by atoms with Crippen LogP contribution < -0.4 is 10.1 Å². The minimum atomic E-state index is -0.0277. The summed E-state index contributed by atoms with van der Waals surface area (Å²) in [5.74, 6) is 0.778. The lowest BCUT2D eigenvalue weighted by Gasteiger charge is -2.12. The van der Waals surface area contributed by atoms with Crippen LogP contribution in [0, 0.1) is 6.92 Å². The summed E-state index contributed by atoms with van der Waals surface area (Å²) in [5, 5.41) is 2.93. The zero-order chi connectivity index (χ0) is 12.1. The molecule has 1 aromatic rings. The van der Waals surface area contributed by atoms with E-state index in [1.165, 1.54) is 0 Å². The molecule has 0 unspecified atom stereocenters. The lowest BCUT2D eigenvalue weighted by atomic mass is 10.1. The molecular formula is C13H19NO2. The molecule has 0 radical (unpaired) electrons. The Balaban J connectivity index is 2.81. The third-order valence-electron chi connectivity index (χ3n) is 2.65. The highest BCUT2D eigenvalue weighted by Gasteiger charge is 2.09. The van der Waals surface area contributed by atoms with E-state index in [1.807, 2.05) is 32.9 Å². The fourth-order valence-electron chi connectivity index (χ4n) is 1.43. The van der Waals surface area contributed by atoms with Crippen molar-refractivity contribution in [2.75, 3.05) is 7.11 Å². The van der Waals surface area contributed by atoms with Crippen molar-refractivity contribution in [2.45, 2.75) is 33.2 Å². The Labute approximate surface area is 96.8 Å². The maximum Gasteiger partial charge on any atom is 0.251 e. The molecule has 1 aromatic carbocycles. The predicted molar refractivity (Wildman–Crippen MR) is 65.0 cm³/mol. The first kappa shape index (κ1) is 12.6. The van der Waals surface area contributed by atoms with Gasteiger partial charge in [-0.3, -0.25) is 4.79 Å². The summed E-state index contributed by atoms with van der Waals surface area (Å²) in [4.78, 5) is 11.8. The quantitative estimate of drug-likeness (QED) is 0.848. The minimum Gasteiger partial charge on any atom is -0.496 e. The standard InChI is InChI=1S/C13H19NO2/c1-5-10(3)14-13(15)11-6-7-12(16-4)9(2)8-11/h6-8,10H,5H2,1-4H3,(H,14,15)/t10-/m1/s1. The van der Waals surface area contributed by atoms with Crippen molar-refractivity contribution in [3.05, 3.63) is 29.3 Å². The summed E-state index contributed by atoms with van der Waals surface area (Å²) in [6.45, 7) is 5.97.